The number of rotatable bonds is 16. The third kappa shape index (κ3) is 11.8. The van der Waals surface area contributed by atoms with Crippen LogP contribution in [0.3, 0.4) is 0 Å². The number of aromatic nitrogens is 1. The summed E-state index contributed by atoms with van der Waals surface area (Å²) in [6.07, 6.45) is 1.93. The second-order valence-corrected chi connectivity index (χ2v) is 12.6. The van der Waals surface area contributed by atoms with Crippen molar-refractivity contribution in [2.24, 2.45) is 0 Å². The van der Waals surface area contributed by atoms with Crippen LogP contribution < -0.4 is 15.6 Å². The number of amides is 4. The highest BCUT2D eigenvalue weighted by atomic mass is 16.7. The number of esters is 1. The number of pyridine rings is 1. The van der Waals surface area contributed by atoms with Gasteiger partial charge in [-0.15, -0.1) is 0 Å². The van der Waals surface area contributed by atoms with Gasteiger partial charge in [-0.05, 0) is 70.0 Å². The summed E-state index contributed by atoms with van der Waals surface area (Å²) >= 11 is 0. The van der Waals surface area contributed by atoms with Gasteiger partial charge in [0.15, 0.2) is 6.29 Å². The number of nitrogens with zero attached hydrogens (tertiary/aromatic N) is 4. The third-order valence-electron chi connectivity index (χ3n) is 7.50. The zero-order valence-electron chi connectivity index (χ0n) is 29.8. The summed E-state index contributed by atoms with van der Waals surface area (Å²) in [5.41, 5.74) is 3.29. The predicted molar refractivity (Wildman–Crippen MR) is 187 cm³/mol. The molecule has 1 unspecified atom stereocenters. The lowest BCUT2D eigenvalue weighted by atomic mass is 10.0. The highest BCUT2D eigenvalue weighted by Gasteiger charge is 2.36. The Labute approximate surface area is 288 Å². The van der Waals surface area contributed by atoms with Gasteiger partial charge in [-0.2, -0.15) is 0 Å². The van der Waals surface area contributed by atoms with Gasteiger partial charge in [0.05, 0.1) is 19.0 Å². The standard InChI is InChI=1S/C36H50N6O7/c1-9-47-34(48-10-2)25(3)42(23-27-16-13-15-26-14-11-12-17-29(26)27)33(45)30(22-32(44)49-36(4,5)6)38-31(43)24-40(7)39-35(46)41(8)28-18-20-37-21-19-28/h11-21,25,30,34H,9-10,22-24H2,1-8H3,(H,38,43)(H,39,46)/t25-,30?/m0/s1. The maximum Gasteiger partial charge on any atom is 0.336 e. The molecule has 3 rings (SSSR count). The molecule has 1 heterocycles. The molecule has 2 atom stereocenters. The van der Waals surface area contributed by atoms with Crippen LogP contribution >= 0.6 is 0 Å². The normalized spacial score (nSPS) is 12.8. The Morgan fingerprint density at radius 1 is 0.898 bits per heavy atom. The van der Waals surface area contributed by atoms with Crippen LogP contribution in [0.25, 0.3) is 10.8 Å². The third-order valence-corrected chi connectivity index (χ3v) is 7.50. The van der Waals surface area contributed by atoms with E-state index in [0.717, 1.165) is 16.3 Å². The van der Waals surface area contributed by atoms with Gasteiger partial charge >= 0.3 is 12.0 Å². The summed E-state index contributed by atoms with van der Waals surface area (Å²) in [6, 6.07) is 14.6. The second kappa shape index (κ2) is 18.2. The van der Waals surface area contributed by atoms with Crippen molar-refractivity contribution in [2.45, 2.75) is 78.5 Å². The molecule has 13 heteroatoms. The zero-order valence-corrected chi connectivity index (χ0v) is 29.8. The summed E-state index contributed by atoms with van der Waals surface area (Å²) in [4.78, 5) is 60.8. The number of nitrogens with one attached hydrogen (secondary N) is 2. The number of hydrazine groups is 1. The molecular weight excluding hydrogens is 628 g/mol. The molecule has 2 N–H and O–H groups in total. The van der Waals surface area contributed by atoms with Crippen LogP contribution in [-0.4, -0.2) is 96.5 Å². The van der Waals surface area contributed by atoms with E-state index < -0.39 is 54.2 Å². The molecule has 49 heavy (non-hydrogen) atoms. The molecule has 0 spiro atoms. The minimum absolute atomic E-state index is 0.149. The molecule has 1 aromatic heterocycles. The Balaban J connectivity index is 1.90. The van der Waals surface area contributed by atoms with Crippen molar-refractivity contribution >= 4 is 40.3 Å². The number of likely N-dealkylation sites (N-methyl/N-ethyl adjacent to an activating group) is 1. The van der Waals surface area contributed by atoms with E-state index in [2.05, 4.69) is 15.7 Å². The number of carbonyl (C=O) groups excluding carboxylic acids is 4. The number of hydrogen-bond donors (Lipinski definition) is 2. The first-order chi connectivity index (χ1) is 23.2. The Bertz CT molecular complexity index is 1540. The van der Waals surface area contributed by atoms with Crippen LogP contribution in [0, 0.1) is 0 Å². The molecule has 2 aromatic carbocycles. The summed E-state index contributed by atoms with van der Waals surface area (Å²) in [5, 5.41) is 5.99. The average molecular weight is 679 g/mol. The molecule has 0 fully saturated rings. The number of benzene rings is 2. The van der Waals surface area contributed by atoms with Gasteiger partial charge < -0.3 is 24.4 Å². The number of hydrogen-bond acceptors (Lipinski definition) is 9. The van der Waals surface area contributed by atoms with E-state index in [1.807, 2.05) is 63.2 Å². The van der Waals surface area contributed by atoms with Crippen LogP contribution in [0.15, 0.2) is 67.0 Å². The molecular formula is C36H50N6O7. The maximum atomic E-state index is 14.6. The van der Waals surface area contributed by atoms with Crippen molar-refractivity contribution in [3.8, 4) is 0 Å². The molecule has 0 radical (unpaired) electrons. The summed E-state index contributed by atoms with van der Waals surface area (Å²) in [6.45, 7) is 11.2. The van der Waals surface area contributed by atoms with Gasteiger partial charge in [-0.1, -0.05) is 42.5 Å². The van der Waals surface area contributed by atoms with E-state index in [0.29, 0.717) is 18.9 Å². The first-order valence-electron chi connectivity index (χ1n) is 16.4. The molecule has 4 amide bonds. The SMILES string of the molecule is CCOC(OCC)[C@H](C)N(Cc1cccc2ccccc12)C(=O)C(CC(=O)OC(C)(C)C)NC(=O)CN(C)NC(=O)N(C)c1ccncc1. The van der Waals surface area contributed by atoms with Crippen LogP contribution in [0.5, 0.6) is 0 Å². The van der Waals surface area contributed by atoms with Gasteiger partial charge in [-0.3, -0.25) is 29.7 Å². The van der Waals surface area contributed by atoms with Gasteiger partial charge in [0.2, 0.25) is 11.8 Å². The van der Waals surface area contributed by atoms with Gasteiger partial charge in [-0.25, -0.2) is 9.80 Å². The van der Waals surface area contributed by atoms with Crippen molar-refractivity contribution in [1.29, 1.82) is 0 Å². The maximum absolute atomic E-state index is 14.6. The molecule has 3 aromatic rings. The van der Waals surface area contributed by atoms with E-state index in [9.17, 15) is 19.2 Å². The molecule has 266 valence electrons. The topological polar surface area (TPSA) is 143 Å². The fraction of sp³-hybridized carbons (Fsp3) is 0.472. The largest absolute Gasteiger partial charge is 0.460 e. The van der Waals surface area contributed by atoms with Gasteiger partial charge in [0.1, 0.15) is 11.6 Å². The molecule has 13 nitrogen and oxygen atoms in total. The lowest BCUT2D eigenvalue weighted by Gasteiger charge is -2.37. The van der Waals surface area contributed by atoms with E-state index in [4.69, 9.17) is 14.2 Å². The van der Waals surface area contributed by atoms with E-state index in [1.54, 1.807) is 57.2 Å². The van der Waals surface area contributed by atoms with Crippen LogP contribution in [0.1, 0.15) is 53.5 Å². The van der Waals surface area contributed by atoms with Crippen molar-refractivity contribution in [1.82, 2.24) is 25.6 Å². The van der Waals surface area contributed by atoms with Crippen LogP contribution in [0.2, 0.25) is 0 Å². The Hall–Kier alpha value is -4.59. The quantitative estimate of drug-likeness (QED) is 0.129. The Morgan fingerprint density at radius 3 is 2.16 bits per heavy atom. The summed E-state index contributed by atoms with van der Waals surface area (Å²) in [7, 11) is 3.10. The highest BCUT2D eigenvalue weighted by molar-refractivity contribution is 5.93. The zero-order chi connectivity index (χ0) is 36.1. The molecule has 0 bridgehead atoms. The van der Waals surface area contributed by atoms with Gasteiger partial charge in [0.25, 0.3) is 0 Å². The molecule has 0 saturated heterocycles. The van der Waals surface area contributed by atoms with E-state index >= 15 is 0 Å². The van der Waals surface area contributed by atoms with E-state index in [-0.39, 0.29) is 13.1 Å². The molecule has 0 saturated carbocycles. The fourth-order valence-electron chi connectivity index (χ4n) is 5.21. The predicted octanol–water partition coefficient (Wildman–Crippen LogP) is 4.26. The first-order valence-corrected chi connectivity index (χ1v) is 16.4. The number of ether oxygens (including phenoxy) is 3. The number of urea groups is 1. The summed E-state index contributed by atoms with van der Waals surface area (Å²) in [5.74, 6) is -1.77. The first kappa shape index (κ1) is 38.9. The average Bonchev–Trinajstić information content (AvgIpc) is 3.05. The molecule has 0 aliphatic rings. The van der Waals surface area contributed by atoms with Crippen LogP contribution in [0.4, 0.5) is 10.5 Å². The highest BCUT2D eigenvalue weighted by Crippen LogP contribution is 2.24. The smallest absolute Gasteiger partial charge is 0.336 e. The number of fused-ring (bicyclic) bond motifs is 1. The lowest BCUT2D eigenvalue weighted by molar-refractivity contribution is -0.180. The number of carbonyl (C=O) groups is 4. The van der Waals surface area contributed by atoms with E-state index in [1.165, 1.54) is 17.0 Å². The summed E-state index contributed by atoms with van der Waals surface area (Å²) < 4.78 is 17.4. The van der Waals surface area contributed by atoms with Crippen molar-refractivity contribution in [2.75, 3.05) is 38.8 Å². The minimum Gasteiger partial charge on any atom is -0.460 e. The van der Waals surface area contributed by atoms with Gasteiger partial charge in [0, 0.05) is 51.9 Å². The lowest BCUT2D eigenvalue weighted by Crippen LogP contribution is -2.57. The van der Waals surface area contributed by atoms with Crippen molar-refractivity contribution in [3.05, 3.63) is 72.6 Å². The van der Waals surface area contributed by atoms with Crippen LogP contribution in [-0.2, 0) is 35.1 Å². The number of anilines is 1. The Kier molecular flexibility index (Phi) is 14.5. The van der Waals surface area contributed by atoms with Crippen molar-refractivity contribution in [3.63, 3.8) is 0 Å². The Morgan fingerprint density at radius 2 is 1.53 bits per heavy atom. The minimum atomic E-state index is -1.30. The molecule has 0 aliphatic heterocycles. The molecule has 0 aliphatic carbocycles. The fourth-order valence-corrected chi connectivity index (χ4v) is 5.21. The monoisotopic (exact) mass is 678 g/mol. The van der Waals surface area contributed by atoms with Crippen molar-refractivity contribution < 1.29 is 33.4 Å². The second-order valence-electron chi connectivity index (χ2n) is 12.6.